The number of ether oxygens (including phenoxy) is 2. The molecule has 1 aromatic heterocycles. The zero-order valence-electron chi connectivity index (χ0n) is 17.1. The number of anilines is 2. The highest BCUT2D eigenvalue weighted by Gasteiger charge is 2.29. The molecule has 0 radical (unpaired) electrons. The first-order valence-corrected chi connectivity index (χ1v) is 9.96. The molecule has 3 amide bonds. The van der Waals surface area contributed by atoms with Gasteiger partial charge in [0.2, 0.25) is 0 Å². The Balaban J connectivity index is 1.57. The summed E-state index contributed by atoms with van der Waals surface area (Å²) in [7, 11) is 0. The van der Waals surface area contributed by atoms with Gasteiger partial charge in [0, 0.05) is 17.3 Å². The number of nitrogens with one attached hydrogen (secondary N) is 2. The summed E-state index contributed by atoms with van der Waals surface area (Å²) in [6, 6.07) is 9.96. The zero-order valence-corrected chi connectivity index (χ0v) is 17.9. The number of pyridine rings is 1. The monoisotopic (exact) mass is 432 g/mol. The molecule has 1 aliphatic rings. The van der Waals surface area contributed by atoms with Crippen molar-refractivity contribution < 1.29 is 19.1 Å². The van der Waals surface area contributed by atoms with Crippen molar-refractivity contribution in [1.82, 2.24) is 9.88 Å². The Kier molecular flexibility index (Phi) is 6.79. The number of benzene rings is 1. The van der Waals surface area contributed by atoms with Gasteiger partial charge in [0.15, 0.2) is 0 Å². The molecule has 2 heterocycles. The molecule has 160 valence electrons. The van der Waals surface area contributed by atoms with E-state index in [0.717, 1.165) is 0 Å². The number of rotatable bonds is 3. The Labute approximate surface area is 180 Å². The average Bonchev–Trinajstić information content (AvgIpc) is 2.67. The van der Waals surface area contributed by atoms with Crippen LogP contribution in [0, 0.1) is 0 Å². The molecule has 0 aliphatic carbocycles. The number of nitrogens with zero attached hydrogens (tertiary/aromatic N) is 2. The Morgan fingerprint density at radius 3 is 2.63 bits per heavy atom. The van der Waals surface area contributed by atoms with E-state index < -0.39 is 11.6 Å². The smallest absolute Gasteiger partial charge is 0.410 e. The van der Waals surface area contributed by atoms with E-state index in [1.807, 2.05) is 20.8 Å². The number of carbonyl (C=O) groups excluding carboxylic acids is 2. The molecule has 8 nitrogen and oxygen atoms in total. The molecule has 1 aromatic carbocycles. The van der Waals surface area contributed by atoms with Crippen molar-refractivity contribution in [2.75, 3.05) is 30.3 Å². The summed E-state index contributed by atoms with van der Waals surface area (Å²) >= 11 is 5.92. The van der Waals surface area contributed by atoms with Gasteiger partial charge in [-0.25, -0.2) is 9.59 Å². The van der Waals surface area contributed by atoms with Crippen molar-refractivity contribution in [2.24, 2.45) is 0 Å². The third kappa shape index (κ3) is 6.33. The summed E-state index contributed by atoms with van der Waals surface area (Å²) in [6.45, 7) is 6.71. The number of aromatic nitrogens is 1. The molecule has 0 spiro atoms. The number of amides is 3. The summed E-state index contributed by atoms with van der Waals surface area (Å²) in [6.07, 6.45) is 0.815. The van der Waals surface area contributed by atoms with Crippen LogP contribution in [0.3, 0.4) is 0 Å². The molecule has 30 heavy (non-hydrogen) atoms. The lowest BCUT2D eigenvalue weighted by Gasteiger charge is -2.34. The molecule has 0 saturated carbocycles. The van der Waals surface area contributed by atoms with E-state index in [2.05, 4.69) is 15.6 Å². The summed E-state index contributed by atoms with van der Waals surface area (Å²) in [5, 5.41) is 5.95. The predicted octanol–water partition coefficient (Wildman–Crippen LogP) is 4.69. The maximum Gasteiger partial charge on any atom is 0.410 e. The fourth-order valence-electron chi connectivity index (χ4n) is 2.85. The Bertz CT molecular complexity index is 899. The van der Waals surface area contributed by atoms with Crippen LogP contribution in [0.15, 0.2) is 42.6 Å². The van der Waals surface area contributed by atoms with Gasteiger partial charge >= 0.3 is 12.1 Å². The standard InChI is InChI=1S/C21H25ClN4O4/c1-21(2,3)30-20(28)26-9-10-29-18(13-26)17-8-7-16(12-23-17)25-19(27)24-15-6-4-5-14(22)11-15/h4-8,11-12,18H,9-10,13H2,1-3H3,(H2,24,25,27). The van der Waals surface area contributed by atoms with Crippen molar-refractivity contribution in [1.29, 1.82) is 0 Å². The number of halogens is 1. The predicted molar refractivity (Wildman–Crippen MR) is 115 cm³/mol. The van der Waals surface area contributed by atoms with Crippen LogP contribution < -0.4 is 10.6 Å². The second kappa shape index (κ2) is 9.32. The van der Waals surface area contributed by atoms with Gasteiger partial charge in [-0.05, 0) is 51.1 Å². The molecule has 1 aliphatic heterocycles. The minimum Gasteiger partial charge on any atom is -0.444 e. The van der Waals surface area contributed by atoms with Gasteiger partial charge in [-0.1, -0.05) is 17.7 Å². The Hall–Kier alpha value is -2.84. The van der Waals surface area contributed by atoms with Crippen molar-refractivity contribution in [3.8, 4) is 0 Å². The van der Waals surface area contributed by atoms with Crippen molar-refractivity contribution in [3.63, 3.8) is 0 Å². The molecule has 1 unspecified atom stereocenters. The van der Waals surface area contributed by atoms with Crippen LogP contribution in [0.5, 0.6) is 0 Å². The Morgan fingerprint density at radius 2 is 1.97 bits per heavy atom. The van der Waals surface area contributed by atoms with E-state index in [9.17, 15) is 9.59 Å². The summed E-state index contributed by atoms with van der Waals surface area (Å²) in [5.41, 5.74) is 1.23. The highest BCUT2D eigenvalue weighted by atomic mass is 35.5. The van der Waals surface area contributed by atoms with Gasteiger partial charge in [0.25, 0.3) is 0 Å². The number of urea groups is 1. The molecule has 0 bridgehead atoms. The van der Waals surface area contributed by atoms with Crippen LogP contribution in [-0.2, 0) is 9.47 Å². The van der Waals surface area contributed by atoms with Crippen LogP contribution in [0.25, 0.3) is 0 Å². The number of hydrogen-bond donors (Lipinski definition) is 2. The first-order valence-electron chi connectivity index (χ1n) is 9.59. The summed E-state index contributed by atoms with van der Waals surface area (Å²) < 4.78 is 11.2. The minimum atomic E-state index is -0.553. The SMILES string of the molecule is CC(C)(C)OC(=O)N1CCOC(c2ccc(NC(=O)Nc3cccc(Cl)c3)cn2)C1. The molecular weight excluding hydrogens is 408 g/mol. The minimum absolute atomic E-state index is 0.351. The summed E-state index contributed by atoms with van der Waals surface area (Å²) in [4.78, 5) is 30.4. The molecule has 1 saturated heterocycles. The van der Waals surface area contributed by atoms with E-state index in [1.54, 1.807) is 47.5 Å². The van der Waals surface area contributed by atoms with Gasteiger partial charge < -0.3 is 25.0 Å². The molecule has 9 heteroatoms. The number of hydrogen-bond acceptors (Lipinski definition) is 5. The quantitative estimate of drug-likeness (QED) is 0.734. The van der Waals surface area contributed by atoms with Gasteiger partial charge in [-0.2, -0.15) is 0 Å². The topological polar surface area (TPSA) is 92.8 Å². The van der Waals surface area contributed by atoms with E-state index in [1.165, 1.54) is 0 Å². The van der Waals surface area contributed by atoms with Gasteiger partial charge in [0.05, 0.1) is 30.7 Å². The molecule has 1 atom stereocenters. The largest absolute Gasteiger partial charge is 0.444 e. The third-order valence-electron chi connectivity index (χ3n) is 4.17. The summed E-state index contributed by atoms with van der Waals surface area (Å²) in [5.74, 6) is 0. The third-order valence-corrected chi connectivity index (χ3v) is 4.41. The molecule has 2 aromatic rings. The normalized spacial score (nSPS) is 16.7. The van der Waals surface area contributed by atoms with Crippen LogP contribution in [0.4, 0.5) is 21.0 Å². The second-order valence-corrected chi connectivity index (χ2v) is 8.28. The van der Waals surface area contributed by atoms with Crippen molar-refractivity contribution >= 4 is 35.1 Å². The number of morpholine rings is 1. The lowest BCUT2D eigenvalue weighted by atomic mass is 10.2. The van der Waals surface area contributed by atoms with E-state index in [-0.39, 0.29) is 12.2 Å². The maximum absolute atomic E-state index is 12.3. The van der Waals surface area contributed by atoms with Gasteiger partial charge in [-0.15, -0.1) is 0 Å². The van der Waals surface area contributed by atoms with Crippen molar-refractivity contribution in [2.45, 2.75) is 32.5 Å². The highest BCUT2D eigenvalue weighted by molar-refractivity contribution is 6.30. The van der Waals surface area contributed by atoms with Crippen LogP contribution in [0.2, 0.25) is 5.02 Å². The molecule has 3 rings (SSSR count). The second-order valence-electron chi connectivity index (χ2n) is 7.85. The first-order chi connectivity index (χ1) is 14.2. The van der Waals surface area contributed by atoms with E-state index >= 15 is 0 Å². The lowest BCUT2D eigenvalue weighted by molar-refractivity contribution is -0.0447. The zero-order chi connectivity index (χ0) is 21.7. The highest BCUT2D eigenvalue weighted by Crippen LogP contribution is 2.23. The van der Waals surface area contributed by atoms with Gasteiger partial charge in [0.1, 0.15) is 11.7 Å². The fourth-order valence-corrected chi connectivity index (χ4v) is 3.04. The number of carbonyl (C=O) groups is 2. The van der Waals surface area contributed by atoms with Crippen LogP contribution in [-0.4, -0.2) is 47.3 Å². The van der Waals surface area contributed by atoms with E-state index in [0.29, 0.717) is 41.8 Å². The Morgan fingerprint density at radius 1 is 1.20 bits per heavy atom. The average molecular weight is 433 g/mol. The van der Waals surface area contributed by atoms with Crippen LogP contribution >= 0.6 is 11.6 Å². The fraction of sp³-hybridized carbons (Fsp3) is 0.381. The molecule has 1 fully saturated rings. The van der Waals surface area contributed by atoms with Crippen LogP contribution in [0.1, 0.15) is 32.6 Å². The van der Waals surface area contributed by atoms with Crippen molar-refractivity contribution in [3.05, 3.63) is 53.3 Å². The first kappa shape index (κ1) is 21.9. The molecular formula is C21H25ClN4O4. The lowest BCUT2D eigenvalue weighted by Crippen LogP contribution is -2.44. The van der Waals surface area contributed by atoms with Gasteiger partial charge in [-0.3, -0.25) is 4.98 Å². The molecule has 2 N–H and O–H groups in total. The maximum atomic E-state index is 12.3. The van der Waals surface area contributed by atoms with E-state index in [4.69, 9.17) is 21.1 Å².